The average molecular weight is 499 g/mol. The maximum absolute atomic E-state index is 13.0. The number of carbonyl (C=O) groups excluding carboxylic acids is 3. The molecule has 1 aromatic carbocycles. The second-order valence-corrected chi connectivity index (χ2v) is 9.02. The summed E-state index contributed by atoms with van der Waals surface area (Å²) in [6.07, 6.45) is 2.94. The van der Waals surface area contributed by atoms with Gasteiger partial charge in [0, 0.05) is 20.1 Å². The quantitative estimate of drug-likeness (QED) is 0.469. The summed E-state index contributed by atoms with van der Waals surface area (Å²) in [6.45, 7) is 2.89. The average Bonchev–Trinajstić information content (AvgIpc) is 3.31. The molecule has 0 aliphatic carbocycles. The number of hydrogen-bond acceptors (Lipinski definition) is 9. The van der Waals surface area contributed by atoms with E-state index in [0.717, 1.165) is 19.4 Å². The molecule has 0 saturated carbocycles. The van der Waals surface area contributed by atoms with Gasteiger partial charge in [0.15, 0.2) is 10.8 Å². The number of hydrogen-bond donors (Lipinski definition) is 2. The molecule has 1 saturated heterocycles. The molecule has 11 nitrogen and oxygen atoms in total. The van der Waals surface area contributed by atoms with E-state index in [4.69, 9.17) is 4.74 Å². The lowest BCUT2D eigenvalue weighted by molar-refractivity contribution is -0.124. The minimum atomic E-state index is -0.544. The molecule has 3 aromatic rings. The number of thiazole rings is 1. The van der Waals surface area contributed by atoms with Gasteiger partial charge in [0.1, 0.15) is 17.6 Å². The highest BCUT2D eigenvalue weighted by Gasteiger charge is 2.27. The third kappa shape index (κ3) is 5.32. The number of amides is 2. The van der Waals surface area contributed by atoms with Gasteiger partial charge in [-0.25, -0.2) is 9.78 Å². The summed E-state index contributed by atoms with van der Waals surface area (Å²) in [5.41, 5.74) is 0.454. The molecule has 1 atom stereocenters. The van der Waals surface area contributed by atoms with Crippen molar-refractivity contribution in [1.29, 1.82) is 0 Å². The van der Waals surface area contributed by atoms with Crippen LogP contribution in [0.4, 0.5) is 10.8 Å². The Kier molecular flexibility index (Phi) is 7.39. The van der Waals surface area contributed by atoms with Gasteiger partial charge < -0.3 is 20.3 Å². The van der Waals surface area contributed by atoms with Crippen LogP contribution in [0.5, 0.6) is 0 Å². The molecule has 1 fully saturated rings. The zero-order chi connectivity index (χ0) is 24.9. The van der Waals surface area contributed by atoms with Gasteiger partial charge in [-0.05, 0) is 31.9 Å². The normalized spacial score (nSPS) is 15.6. The van der Waals surface area contributed by atoms with E-state index in [2.05, 4.69) is 20.6 Å². The number of aromatic nitrogens is 3. The van der Waals surface area contributed by atoms with E-state index in [0.29, 0.717) is 27.7 Å². The van der Waals surface area contributed by atoms with Gasteiger partial charge in [0.05, 0.1) is 23.8 Å². The van der Waals surface area contributed by atoms with Crippen LogP contribution in [0.25, 0.3) is 10.3 Å². The molecule has 2 amide bonds. The molecule has 4 rings (SSSR count). The van der Waals surface area contributed by atoms with Crippen LogP contribution in [-0.2, 0) is 20.9 Å². The predicted molar refractivity (Wildman–Crippen MR) is 132 cm³/mol. The molecule has 3 heterocycles. The van der Waals surface area contributed by atoms with Crippen molar-refractivity contribution in [2.75, 3.05) is 37.0 Å². The van der Waals surface area contributed by atoms with Crippen molar-refractivity contribution < 1.29 is 19.1 Å². The van der Waals surface area contributed by atoms with E-state index >= 15 is 0 Å². The van der Waals surface area contributed by atoms with Crippen molar-refractivity contribution in [3.8, 4) is 0 Å². The lowest BCUT2D eigenvalue weighted by Crippen LogP contribution is -2.42. The summed E-state index contributed by atoms with van der Waals surface area (Å²) >= 11 is 1.20. The van der Waals surface area contributed by atoms with Crippen LogP contribution in [0.15, 0.2) is 35.4 Å². The Morgan fingerprint density at radius 1 is 1.26 bits per heavy atom. The fraction of sp³-hybridized carbons (Fsp3) is 0.391. The summed E-state index contributed by atoms with van der Waals surface area (Å²) in [5, 5.41) is 5.98. The summed E-state index contributed by atoms with van der Waals surface area (Å²) in [6, 6.07) is 6.51. The van der Waals surface area contributed by atoms with Gasteiger partial charge in [-0.2, -0.15) is 4.98 Å². The van der Waals surface area contributed by atoms with Gasteiger partial charge in [0.25, 0.3) is 5.56 Å². The van der Waals surface area contributed by atoms with E-state index in [-0.39, 0.29) is 36.1 Å². The first-order valence-corrected chi connectivity index (χ1v) is 12.1. The van der Waals surface area contributed by atoms with E-state index in [9.17, 15) is 19.2 Å². The lowest BCUT2D eigenvalue weighted by Gasteiger charge is -2.31. The lowest BCUT2D eigenvalue weighted by atomic mass is 9.98. The van der Waals surface area contributed by atoms with E-state index in [1.54, 1.807) is 38.2 Å². The van der Waals surface area contributed by atoms with Gasteiger partial charge in [0.2, 0.25) is 11.8 Å². The summed E-state index contributed by atoms with van der Waals surface area (Å²) in [4.78, 5) is 60.7. The van der Waals surface area contributed by atoms with Crippen LogP contribution >= 0.6 is 11.3 Å². The third-order valence-electron chi connectivity index (χ3n) is 5.69. The molecule has 0 radical (unpaired) electrons. The Morgan fingerprint density at radius 3 is 2.83 bits per heavy atom. The fourth-order valence-electron chi connectivity index (χ4n) is 3.98. The number of rotatable bonds is 7. The van der Waals surface area contributed by atoms with Gasteiger partial charge in [-0.1, -0.05) is 23.5 Å². The molecule has 0 spiro atoms. The molecule has 2 aromatic heterocycles. The molecule has 0 bridgehead atoms. The number of benzene rings is 1. The smallest absolute Gasteiger partial charge is 0.340 e. The molecule has 1 unspecified atom stereocenters. The first-order chi connectivity index (χ1) is 16.9. The second kappa shape index (κ2) is 10.6. The first kappa shape index (κ1) is 24.3. The number of para-hydroxylation sites is 1. The maximum Gasteiger partial charge on any atom is 0.340 e. The number of anilines is 2. The highest BCUT2D eigenvalue weighted by molar-refractivity contribution is 7.22. The van der Waals surface area contributed by atoms with Crippen molar-refractivity contribution in [3.63, 3.8) is 0 Å². The standard InChI is InChI=1S/C23H26N6O5S/c1-3-34-22(33)15-8-4-5-9-16(15)26-17(30)12-29-13-25-19-18(21(29)32)35-23(27-19)28-10-6-7-14(11-28)20(31)24-2/h4-5,8-9,13-14H,3,6-7,10-12H2,1-2H3,(H,24,31)(H,26,30). The van der Waals surface area contributed by atoms with E-state index < -0.39 is 11.9 Å². The Labute approximate surface area is 205 Å². The van der Waals surface area contributed by atoms with Crippen molar-refractivity contribution in [2.45, 2.75) is 26.3 Å². The Bertz CT molecular complexity index is 1320. The monoisotopic (exact) mass is 498 g/mol. The number of esters is 1. The number of nitrogens with one attached hydrogen (secondary N) is 2. The van der Waals surface area contributed by atoms with Crippen LogP contribution in [0.3, 0.4) is 0 Å². The zero-order valence-corrected chi connectivity index (χ0v) is 20.3. The molecule has 1 aliphatic heterocycles. The molecular formula is C23H26N6O5S. The minimum Gasteiger partial charge on any atom is -0.462 e. The maximum atomic E-state index is 13.0. The fourth-order valence-corrected chi connectivity index (χ4v) is 4.98. The topological polar surface area (TPSA) is 136 Å². The van der Waals surface area contributed by atoms with E-state index in [1.165, 1.54) is 22.2 Å². The first-order valence-electron chi connectivity index (χ1n) is 11.3. The summed E-state index contributed by atoms with van der Waals surface area (Å²) in [7, 11) is 1.62. The van der Waals surface area contributed by atoms with E-state index in [1.807, 2.05) is 4.90 Å². The van der Waals surface area contributed by atoms with Crippen molar-refractivity contribution in [1.82, 2.24) is 19.9 Å². The van der Waals surface area contributed by atoms with Crippen molar-refractivity contribution in [2.24, 2.45) is 5.92 Å². The largest absolute Gasteiger partial charge is 0.462 e. The van der Waals surface area contributed by atoms with Crippen molar-refractivity contribution >= 4 is 50.3 Å². The summed E-state index contributed by atoms with van der Waals surface area (Å²) < 4.78 is 6.57. The Balaban J connectivity index is 1.51. The molecule has 35 heavy (non-hydrogen) atoms. The molecule has 1 aliphatic rings. The van der Waals surface area contributed by atoms with Crippen LogP contribution in [-0.4, -0.2) is 59.1 Å². The second-order valence-electron chi connectivity index (χ2n) is 8.04. The number of ether oxygens (including phenoxy) is 1. The molecule has 2 N–H and O–H groups in total. The summed E-state index contributed by atoms with van der Waals surface area (Å²) in [5.74, 6) is -1.17. The number of piperidine rings is 1. The number of nitrogens with zero attached hydrogens (tertiary/aromatic N) is 4. The molecular weight excluding hydrogens is 472 g/mol. The Hall–Kier alpha value is -3.80. The van der Waals surface area contributed by atoms with Crippen molar-refractivity contribution in [3.05, 3.63) is 46.5 Å². The van der Waals surface area contributed by atoms with Crippen LogP contribution in [0.1, 0.15) is 30.1 Å². The number of carbonyl (C=O) groups is 3. The van der Waals surface area contributed by atoms with Gasteiger partial charge in [-0.15, -0.1) is 0 Å². The minimum absolute atomic E-state index is 0.00756. The predicted octanol–water partition coefficient (Wildman–Crippen LogP) is 1.63. The van der Waals surface area contributed by atoms with Gasteiger partial charge >= 0.3 is 5.97 Å². The zero-order valence-electron chi connectivity index (χ0n) is 19.4. The van der Waals surface area contributed by atoms with Crippen LogP contribution < -0.4 is 21.1 Å². The molecule has 184 valence electrons. The Morgan fingerprint density at radius 2 is 2.06 bits per heavy atom. The SMILES string of the molecule is CCOC(=O)c1ccccc1NC(=O)Cn1cnc2nc(N3CCCC(C(=O)NC)C3)sc2c1=O. The highest BCUT2D eigenvalue weighted by Crippen LogP contribution is 2.29. The van der Waals surface area contributed by atoms with Crippen LogP contribution in [0, 0.1) is 5.92 Å². The highest BCUT2D eigenvalue weighted by atomic mass is 32.1. The number of fused-ring (bicyclic) bond motifs is 1. The van der Waals surface area contributed by atoms with Gasteiger partial charge in [-0.3, -0.25) is 19.0 Å². The third-order valence-corrected chi connectivity index (χ3v) is 6.79. The van der Waals surface area contributed by atoms with Crippen LogP contribution in [0.2, 0.25) is 0 Å². The molecule has 12 heteroatoms.